The van der Waals surface area contributed by atoms with Gasteiger partial charge in [0.1, 0.15) is 6.29 Å². The Morgan fingerprint density at radius 2 is 1.38 bits per heavy atom. The van der Waals surface area contributed by atoms with Crippen LogP contribution in [-0.4, -0.2) is 19.5 Å². The lowest BCUT2D eigenvalue weighted by molar-refractivity contribution is -0.112. The van der Waals surface area contributed by atoms with Crippen LogP contribution in [-0.2, 0) is 9.53 Å². The van der Waals surface area contributed by atoms with Crippen LogP contribution >= 0.6 is 0 Å². The van der Waals surface area contributed by atoms with Gasteiger partial charge < -0.3 is 9.53 Å². The van der Waals surface area contributed by atoms with Gasteiger partial charge in [0.05, 0.1) is 6.10 Å². The molecule has 16 heavy (non-hydrogen) atoms. The molecule has 0 heterocycles. The Balaban J connectivity index is 1.75. The predicted octanol–water partition coefficient (Wildman–Crippen LogP) is 3.20. The van der Waals surface area contributed by atoms with Gasteiger partial charge in [-0.25, -0.2) is 0 Å². The van der Waals surface area contributed by atoms with Gasteiger partial charge in [-0.3, -0.25) is 0 Å². The third-order valence-electron chi connectivity index (χ3n) is 4.73. The minimum Gasteiger partial charge on any atom is -0.381 e. The predicted molar refractivity (Wildman–Crippen MR) is 64.3 cm³/mol. The lowest BCUT2D eigenvalue weighted by Crippen LogP contribution is -2.28. The lowest BCUT2D eigenvalue weighted by atomic mass is 9.71. The van der Waals surface area contributed by atoms with Gasteiger partial charge in [-0.15, -0.1) is 0 Å². The van der Waals surface area contributed by atoms with Crippen LogP contribution in [0.2, 0.25) is 0 Å². The van der Waals surface area contributed by atoms with E-state index in [1.807, 2.05) is 7.11 Å². The second-order valence-corrected chi connectivity index (χ2v) is 5.58. The van der Waals surface area contributed by atoms with Crippen LogP contribution in [0.1, 0.15) is 51.4 Å². The number of ether oxygens (including phenoxy) is 1. The maximum atomic E-state index is 10.7. The quantitative estimate of drug-likeness (QED) is 0.688. The average molecular weight is 224 g/mol. The first-order valence-electron chi connectivity index (χ1n) is 6.81. The summed E-state index contributed by atoms with van der Waals surface area (Å²) in [7, 11) is 1.83. The smallest absolute Gasteiger partial charge is 0.123 e. The zero-order valence-electron chi connectivity index (χ0n) is 10.4. The molecule has 2 aliphatic rings. The molecule has 0 aliphatic heterocycles. The number of hydrogen-bond donors (Lipinski definition) is 0. The van der Waals surface area contributed by atoms with Crippen LogP contribution in [0.25, 0.3) is 0 Å². The number of aldehydes is 1. The van der Waals surface area contributed by atoms with Crippen molar-refractivity contribution >= 4 is 6.29 Å². The Hall–Kier alpha value is -0.370. The highest BCUT2D eigenvalue weighted by atomic mass is 16.5. The van der Waals surface area contributed by atoms with E-state index in [-0.39, 0.29) is 0 Å². The van der Waals surface area contributed by atoms with E-state index in [1.165, 1.54) is 38.5 Å². The topological polar surface area (TPSA) is 26.3 Å². The Bertz CT molecular complexity index is 211. The largest absolute Gasteiger partial charge is 0.381 e. The van der Waals surface area contributed by atoms with Gasteiger partial charge in [-0.1, -0.05) is 0 Å². The van der Waals surface area contributed by atoms with Crippen LogP contribution < -0.4 is 0 Å². The molecule has 0 radical (unpaired) electrons. The second-order valence-electron chi connectivity index (χ2n) is 5.58. The molecule has 2 saturated carbocycles. The van der Waals surface area contributed by atoms with E-state index in [1.54, 1.807) is 0 Å². The summed E-state index contributed by atoms with van der Waals surface area (Å²) in [5.41, 5.74) is 0. The zero-order chi connectivity index (χ0) is 11.4. The number of methoxy groups -OCH3 is 1. The molecule has 0 spiro atoms. The Morgan fingerprint density at radius 3 is 1.81 bits per heavy atom. The molecule has 0 amide bonds. The van der Waals surface area contributed by atoms with Crippen molar-refractivity contribution < 1.29 is 9.53 Å². The third kappa shape index (κ3) is 2.85. The number of carbonyl (C=O) groups is 1. The van der Waals surface area contributed by atoms with Gasteiger partial charge in [0.25, 0.3) is 0 Å². The van der Waals surface area contributed by atoms with Gasteiger partial charge in [-0.2, -0.15) is 0 Å². The summed E-state index contributed by atoms with van der Waals surface area (Å²) in [6.45, 7) is 0. The fourth-order valence-corrected chi connectivity index (χ4v) is 3.55. The molecule has 2 aliphatic carbocycles. The molecule has 0 N–H and O–H groups in total. The maximum absolute atomic E-state index is 10.7. The monoisotopic (exact) mass is 224 g/mol. The summed E-state index contributed by atoms with van der Waals surface area (Å²) in [5, 5.41) is 0. The highest BCUT2D eigenvalue weighted by Gasteiger charge is 2.30. The normalized spacial score (nSPS) is 40.6. The highest BCUT2D eigenvalue weighted by Crippen LogP contribution is 2.39. The molecule has 92 valence electrons. The second kappa shape index (κ2) is 5.81. The summed E-state index contributed by atoms with van der Waals surface area (Å²) in [5.74, 6) is 2.18. The van der Waals surface area contributed by atoms with Crippen molar-refractivity contribution in [3.8, 4) is 0 Å². The van der Waals surface area contributed by atoms with Crippen LogP contribution in [0.4, 0.5) is 0 Å². The van der Waals surface area contributed by atoms with Crippen molar-refractivity contribution in [2.75, 3.05) is 7.11 Å². The summed E-state index contributed by atoms with van der Waals surface area (Å²) >= 11 is 0. The third-order valence-corrected chi connectivity index (χ3v) is 4.73. The summed E-state index contributed by atoms with van der Waals surface area (Å²) in [4.78, 5) is 10.7. The van der Waals surface area contributed by atoms with Crippen LogP contribution in [0.3, 0.4) is 0 Å². The van der Waals surface area contributed by atoms with E-state index >= 15 is 0 Å². The highest BCUT2D eigenvalue weighted by molar-refractivity contribution is 5.53. The Labute approximate surface area is 98.7 Å². The number of carbonyl (C=O) groups excluding carboxylic acids is 1. The molecule has 2 heteroatoms. The zero-order valence-corrected chi connectivity index (χ0v) is 10.4. The molecule has 0 aromatic rings. The van der Waals surface area contributed by atoms with Crippen molar-refractivity contribution in [1.82, 2.24) is 0 Å². The van der Waals surface area contributed by atoms with Gasteiger partial charge in [0.2, 0.25) is 0 Å². The first-order valence-corrected chi connectivity index (χ1v) is 6.81. The number of rotatable bonds is 3. The van der Waals surface area contributed by atoms with Crippen molar-refractivity contribution in [1.29, 1.82) is 0 Å². The first kappa shape index (κ1) is 12.1. The van der Waals surface area contributed by atoms with E-state index in [2.05, 4.69) is 0 Å². The Kier molecular flexibility index (Phi) is 4.39. The van der Waals surface area contributed by atoms with Crippen molar-refractivity contribution in [2.45, 2.75) is 57.5 Å². The van der Waals surface area contributed by atoms with Crippen LogP contribution in [0.15, 0.2) is 0 Å². The molecule has 0 aromatic heterocycles. The fourth-order valence-electron chi connectivity index (χ4n) is 3.55. The van der Waals surface area contributed by atoms with Crippen molar-refractivity contribution in [2.24, 2.45) is 17.8 Å². The van der Waals surface area contributed by atoms with Gasteiger partial charge in [0.15, 0.2) is 0 Å². The molecule has 2 nitrogen and oxygen atoms in total. The standard InChI is InChI=1S/C14H24O2/c1-16-14-8-6-13(7-9-14)12-4-2-11(10-15)3-5-12/h10-14H,2-9H2,1H3. The van der Waals surface area contributed by atoms with Crippen LogP contribution in [0.5, 0.6) is 0 Å². The molecular weight excluding hydrogens is 200 g/mol. The molecule has 0 aromatic carbocycles. The van der Waals surface area contributed by atoms with E-state index in [0.717, 1.165) is 31.0 Å². The van der Waals surface area contributed by atoms with Gasteiger partial charge >= 0.3 is 0 Å². The molecular formula is C14H24O2. The molecule has 0 bridgehead atoms. The minimum absolute atomic E-state index is 0.367. The molecule has 0 saturated heterocycles. The van der Waals surface area contributed by atoms with E-state index in [0.29, 0.717) is 12.0 Å². The summed E-state index contributed by atoms with van der Waals surface area (Å²) in [6, 6.07) is 0. The van der Waals surface area contributed by atoms with Crippen molar-refractivity contribution in [3.63, 3.8) is 0 Å². The molecule has 2 rings (SSSR count). The lowest BCUT2D eigenvalue weighted by Gasteiger charge is -2.36. The van der Waals surface area contributed by atoms with Gasteiger partial charge in [0, 0.05) is 13.0 Å². The first-order chi connectivity index (χ1) is 7.83. The molecule has 0 unspecified atom stereocenters. The molecule has 0 atom stereocenters. The van der Waals surface area contributed by atoms with Crippen molar-refractivity contribution in [3.05, 3.63) is 0 Å². The van der Waals surface area contributed by atoms with E-state index in [4.69, 9.17) is 4.74 Å². The summed E-state index contributed by atoms with van der Waals surface area (Å²) in [6.07, 6.45) is 11.7. The average Bonchev–Trinajstić information content (AvgIpc) is 2.39. The van der Waals surface area contributed by atoms with E-state index < -0.39 is 0 Å². The van der Waals surface area contributed by atoms with Crippen LogP contribution in [0, 0.1) is 17.8 Å². The number of hydrogen-bond acceptors (Lipinski definition) is 2. The fraction of sp³-hybridized carbons (Fsp3) is 0.929. The molecule has 2 fully saturated rings. The van der Waals surface area contributed by atoms with E-state index in [9.17, 15) is 4.79 Å². The summed E-state index contributed by atoms with van der Waals surface area (Å²) < 4.78 is 5.41. The maximum Gasteiger partial charge on any atom is 0.123 e. The SMILES string of the molecule is COC1CCC(C2CCC(C=O)CC2)CC1. The minimum atomic E-state index is 0.367. The van der Waals surface area contributed by atoms with Gasteiger partial charge in [-0.05, 0) is 63.2 Å². The Morgan fingerprint density at radius 1 is 0.875 bits per heavy atom.